The zero-order chi connectivity index (χ0) is 20.6. The number of nitrogens with zero attached hydrogens (tertiary/aromatic N) is 4. The fraction of sp³-hybridized carbons (Fsp3) is 0.208. The molecule has 0 radical (unpaired) electrons. The van der Waals surface area contributed by atoms with Crippen LogP contribution < -0.4 is 4.90 Å². The molecule has 0 atom stereocenters. The molecule has 3 aromatic rings. The van der Waals surface area contributed by atoms with Gasteiger partial charge in [0, 0.05) is 38.6 Å². The standard InChI is InChI=1S/C24H24N4O2/c29-24(28-16-14-27(15-17-28)23-18-25-12-13-26-23)30-19-22-10-8-21(9-11-22)7-6-20-4-2-1-3-5-20/h1-13,18H,14-17,19H2. The van der Waals surface area contributed by atoms with E-state index >= 15 is 0 Å². The molecule has 0 unspecified atom stereocenters. The normalized spacial score (nSPS) is 14.1. The van der Waals surface area contributed by atoms with Gasteiger partial charge in [-0.1, -0.05) is 66.7 Å². The molecule has 0 N–H and O–H groups in total. The Kier molecular flexibility index (Phi) is 6.35. The van der Waals surface area contributed by atoms with Crippen molar-refractivity contribution in [3.63, 3.8) is 0 Å². The van der Waals surface area contributed by atoms with Gasteiger partial charge < -0.3 is 14.5 Å². The zero-order valence-electron chi connectivity index (χ0n) is 16.7. The van der Waals surface area contributed by atoms with Gasteiger partial charge in [-0.05, 0) is 16.7 Å². The first-order chi connectivity index (χ1) is 14.8. The summed E-state index contributed by atoms with van der Waals surface area (Å²) in [4.78, 5) is 24.7. The largest absolute Gasteiger partial charge is 0.445 e. The van der Waals surface area contributed by atoms with Crippen molar-refractivity contribution in [2.24, 2.45) is 0 Å². The second-order valence-electron chi connectivity index (χ2n) is 7.08. The molecule has 2 heterocycles. The molecule has 1 aliphatic rings. The predicted octanol–water partition coefficient (Wildman–Crippen LogP) is 4.11. The smallest absolute Gasteiger partial charge is 0.410 e. The lowest BCUT2D eigenvalue weighted by Gasteiger charge is -2.34. The molecule has 1 fully saturated rings. The monoisotopic (exact) mass is 400 g/mol. The molecular weight excluding hydrogens is 376 g/mol. The number of benzene rings is 2. The van der Waals surface area contributed by atoms with E-state index in [4.69, 9.17) is 4.74 Å². The van der Waals surface area contributed by atoms with Crippen LogP contribution in [0.25, 0.3) is 12.2 Å². The van der Waals surface area contributed by atoms with E-state index in [0.29, 0.717) is 13.1 Å². The van der Waals surface area contributed by atoms with Gasteiger partial charge in [-0.2, -0.15) is 0 Å². The molecular formula is C24H24N4O2. The average molecular weight is 400 g/mol. The molecule has 0 bridgehead atoms. The van der Waals surface area contributed by atoms with E-state index in [1.54, 1.807) is 23.5 Å². The average Bonchev–Trinajstić information content (AvgIpc) is 2.83. The van der Waals surface area contributed by atoms with Crippen LogP contribution in [0.1, 0.15) is 16.7 Å². The van der Waals surface area contributed by atoms with Gasteiger partial charge in [-0.3, -0.25) is 4.98 Å². The number of hydrogen-bond donors (Lipinski definition) is 0. The van der Waals surface area contributed by atoms with Crippen molar-refractivity contribution >= 4 is 24.1 Å². The second kappa shape index (κ2) is 9.69. The molecule has 2 aromatic carbocycles. The molecule has 1 amide bonds. The van der Waals surface area contributed by atoms with Crippen molar-refractivity contribution in [2.45, 2.75) is 6.61 Å². The molecule has 1 aliphatic heterocycles. The third-order valence-electron chi connectivity index (χ3n) is 5.02. The van der Waals surface area contributed by atoms with E-state index in [0.717, 1.165) is 35.6 Å². The molecule has 152 valence electrons. The van der Waals surface area contributed by atoms with Crippen molar-refractivity contribution in [1.29, 1.82) is 0 Å². The third-order valence-corrected chi connectivity index (χ3v) is 5.02. The maximum Gasteiger partial charge on any atom is 0.410 e. The van der Waals surface area contributed by atoms with Gasteiger partial charge in [0.05, 0.1) is 6.20 Å². The van der Waals surface area contributed by atoms with Crippen LogP contribution in [0.5, 0.6) is 0 Å². The summed E-state index contributed by atoms with van der Waals surface area (Å²) < 4.78 is 5.50. The van der Waals surface area contributed by atoms with Crippen molar-refractivity contribution in [1.82, 2.24) is 14.9 Å². The summed E-state index contributed by atoms with van der Waals surface area (Å²) in [7, 11) is 0. The summed E-state index contributed by atoms with van der Waals surface area (Å²) in [5.74, 6) is 0.840. The van der Waals surface area contributed by atoms with E-state index in [1.165, 1.54) is 0 Å². The fourth-order valence-corrected chi connectivity index (χ4v) is 3.29. The first kappa shape index (κ1) is 19.6. The number of piperazine rings is 1. The van der Waals surface area contributed by atoms with Gasteiger partial charge in [0.2, 0.25) is 0 Å². The van der Waals surface area contributed by atoms with E-state index < -0.39 is 0 Å². The number of anilines is 1. The van der Waals surface area contributed by atoms with Gasteiger partial charge >= 0.3 is 6.09 Å². The number of carbonyl (C=O) groups is 1. The Morgan fingerprint density at radius 2 is 1.60 bits per heavy atom. The number of hydrogen-bond acceptors (Lipinski definition) is 5. The Bertz CT molecular complexity index is 967. The number of rotatable bonds is 5. The highest BCUT2D eigenvalue weighted by Gasteiger charge is 2.22. The van der Waals surface area contributed by atoms with Gasteiger partial charge in [-0.25, -0.2) is 9.78 Å². The lowest BCUT2D eigenvalue weighted by molar-refractivity contribution is 0.0941. The number of ether oxygens (including phenoxy) is 1. The fourth-order valence-electron chi connectivity index (χ4n) is 3.29. The van der Waals surface area contributed by atoms with Crippen LogP contribution in [0.3, 0.4) is 0 Å². The highest BCUT2D eigenvalue weighted by atomic mass is 16.6. The van der Waals surface area contributed by atoms with Gasteiger partial charge in [0.15, 0.2) is 0 Å². The van der Waals surface area contributed by atoms with E-state index in [2.05, 4.69) is 39.2 Å². The molecule has 4 rings (SSSR count). The van der Waals surface area contributed by atoms with E-state index in [1.807, 2.05) is 42.5 Å². The zero-order valence-corrected chi connectivity index (χ0v) is 16.7. The van der Waals surface area contributed by atoms with Gasteiger partial charge in [-0.15, -0.1) is 0 Å². The molecule has 0 spiro atoms. The minimum absolute atomic E-state index is 0.270. The molecule has 30 heavy (non-hydrogen) atoms. The Morgan fingerprint density at radius 3 is 2.27 bits per heavy atom. The SMILES string of the molecule is O=C(OCc1ccc(C=Cc2ccccc2)cc1)N1CCN(c2cnccn2)CC1. The lowest BCUT2D eigenvalue weighted by atomic mass is 10.1. The summed E-state index contributed by atoms with van der Waals surface area (Å²) in [6.07, 6.45) is 8.95. The maximum absolute atomic E-state index is 12.4. The van der Waals surface area contributed by atoms with E-state index in [-0.39, 0.29) is 12.7 Å². The first-order valence-corrected chi connectivity index (χ1v) is 10.0. The summed E-state index contributed by atoms with van der Waals surface area (Å²) in [5.41, 5.74) is 3.24. The van der Waals surface area contributed by atoms with Crippen LogP contribution in [0, 0.1) is 0 Å². The highest BCUT2D eigenvalue weighted by Crippen LogP contribution is 2.14. The third kappa shape index (κ3) is 5.23. The van der Waals surface area contributed by atoms with Crippen LogP contribution in [-0.4, -0.2) is 47.1 Å². The predicted molar refractivity (Wildman–Crippen MR) is 118 cm³/mol. The van der Waals surface area contributed by atoms with Gasteiger partial charge in [0.1, 0.15) is 12.4 Å². The maximum atomic E-state index is 12.4. The second-order valence-corrected chi connectivity index (χ2v) is 7.08. The first-order valence-electron chi connectivity index (χ1n) is 10.0. The molecule has 1 aromatic heterocycles. The Morgan fingerprint density at radius 1 is 0.900 bits per heavy atom. The number of aromatic nitrogens is 2. The topological polar surface area (TPSA) is 58.6 Å². The van der Waals surface area contributed by atoms with Crippen molar-refractivity contribution in [3.05, 3.63) is 89.9 Å². The van der Waals surface area contributed by atoms with Crippen molar-refractivity contribution in [3.8, 4) is 0 Å². The van der Waals surface area contributed by atoms with Crippen LogP contribution in [0.4, 0.5) is 10.6 Å². The summed E-state index contributed by atoms with van der Waals surface area (Å²) in [6.45, 7) is 2.93. The highest BCUT2D eigenvalue weighted by molar-refractivity contribution is 5.70. The molecule has 0 saturated carbocycles. The number of carbonyl (C=O) groups excluding carboxylic acids is 1. The molecule has 0 aliphatic carbocycles. The quantitative estimate of drug-likeness (QED) is 0.604. The summed E-state index contributed by atoms with van der Waals surface area (Å²) >= 11 is 0. The minimum atomic E-state index is -0.276. The number of amides is 1. The Labute approximate surface area is 176 Å². The minimum Gasteiger partial charge on any atom is -0.445 e. The lowest BCUT2D eigenvalue weighted by Crippen LogP contribution is -2.49. The summed E-state index contributed by atoms with van der Waals surface area (Å²) in [6, 6.07) is 18.2. The van der Waals surface area contributed by atoms with Crippen LogP contribution in [-0.2, 0) is 11.3 Å². The Balaban J connectivity index is 1.24. The Hall–Kier alpha value is -3.67. The van der Waals surface area contributed by atoms with Gasteiger partial charge in [0.25, 0.3) is 0 Å². The molecule has 6 heteroatoms. The molecule has 1 saturated heterocycles. The van der Waals surface area contributed by atoms with Crippen LogP contribution >= 0.6 is 0 Å². The van der Waals surface area contributed by atoms with Crippen molar-refractivity contribution in [2.75, 3.05) is 31.1 Å². The molecule has 6 nitrogen and oxygen atoms in total. The van der Waals surface area contributed by atoms with Crippen LogP contribution in [0.15, 0.2) is 73.2 Å². The van der Waals surface area contributed by atoms with E-state index in [9.17, 15) is 4.79 Å². The summed E-state index contributed by atoms with van der Waals surface area (Å²) in [5, 5.41) is 0. The van der Waals surface area contributed by atoms with Crippen molar-refractivity contribution < 1.29 is 9.53 Å². The van der Waals surface area contributed by atoms with Crippen LogP contribution in [0.2, 0.25) is 0 Å².